The number of rotatable bonds is 12. The monoisotopic (exact) mass is 528 g/mol. The summed E-state index contributed by atoms with van der Waals surface area (Å²) in [4.78, 5) is 58.9. The third kappa shape index (κ3) is 7.22. The van der Waals surface area contributed by atoms with Gasteiger partial charge < -0.3 is 42.8 Å². The van der Waals surface area contributed by atoms with E-state index in [2.05, 4.69) is 20.6 Å². The first-order valence-corrected chi connectivity index (χ1v) is 12.6. The van der Waals surface area contributed by atoms with Crippen LogP contribution in [0.1, 0.15) is 38.2 Å². The minimum Gasteiger partial charge on any atom is -0.480 e. The van der Waals surface area contributed by atoms with Crippen molar-refractivity contribution < 1.29 is 24.3 Å². The molecule has 0 aliphatic carbocycles. The molecule has 1 aliphatic heterocycles. The summed E-state index contributed by atoms with van der Waals surface area (Å²) in [5.41, 5.74) is 18.3. The average molecular weight is 529 g/mol. The SMILES string of the molecule is CC(NC(=O)C(Cc1c[nH]c2ccccc12)NC(=O)C(N)CCCN=C(N)N)C(=O)N1CCCC1C(=O)O. The number of para-hydroxylation sites is 1. The van der Waals surface area contributed by atoms with Gasteiger partial charge in [-0.25, -0.2) is 4.79 Å². The van der Waals surface area contributed by atoms with E-state index >= 15 is 0 Å². The molecule has 1 aromatic carbocycles. The van der Waals surface area contributed by atoms with E-state index in [9.17, 15) is 24.3 Å². The molecule has 4 unspecified atom stereocenters. The van der Waals surface area contributed by atoms with E-state index in [-0.39, 0.29) is 12.4 Å². The van der Waals surface area contributed by atoms with Crippen molar-refractivity contribution in [3.8, 4) is 0 Å². The Morgan fingerprint density at radius 2 is 1.92 bits per heavy atom. The molecule has 10 N–H and O–H groups in total. The van der Waals surface area contributed by atoms with Crippen LogP contribution in [-0.4, -0.2) is 81.9 Å². The van der Waals surface area contributed by atoms with E-state index in [1.54, 1.807) is 6.20 Å². The van der Waals surface area contributed by atoms with E-state index in [0.29, 0.717) is 38.8 Å². The molecular weight excluding hydrogens is 492 g/mol. The van der Waals surface area contributed by atoms with Gasteiger partial charge in [-0.3, -0.25) is 19.4 Å². The third-order valence-electron chi connectivity index (χ3n) is 6.59. The number of guanidine groups is 1. The number of H-pyrrole nitrogens is 1. The number of aliphatic imine (C=N–C) groups is 1. The van der Waals surface area contributed by atoms with Gasteiger partial charge in [0.1, 0.15) is 18.1 Å². The summed E-state index contributed by atoms with van der Waals surface area (Å²) in [6.45, 7) is 2.12. The van der Waals surface area contributed by atoms with Gasteiger partial charge in [0.2, 0.25) is 17.7 Å². The van der Waals surface area contributed by atoms with Gasteiger partial charge in [0.15, 0.2) is 5.96 Å². The fourth-order valence-electron chi connectivity index (χ4n) is 4.57. The van der Waals surface area contributed by atoms with Gasteiger partial charge >= 0.3 is 5.97 Å². The summed E-state index contributed by atoms with van der Waals surface area (Å²) < 4.78 is 0. The number of carboxylic acid groups (broad SMARTS) is 1. The van der Waals surface area contributed by atoms with Crippen LogP contribution < -0.4 is 27.8 Å². The molecule has 13 nitrogen and oxygen atoms in total. The molecule has 3 amide bonds. The van der Waals surface area contributed by atoms with Gasteiger partial charge in [0.25, 0.3) is 0 Å². The van der Waals surface area contributed by atoms with E-state index in [1.807, 2.05) is 24.3 Å². The predicted molar refractivity (Wildman–Crippen MR) is 142 cm³/mol. The molecule has 0 radical (unpaired) electrons. The van der Waals surface area contributed by atoms with E-state index in [0.717, 1.165) is 16.5 Å². The number of nitrogens with zero attached hydrogens (tertiary/aromatic N) is 2. The Morgan fingerprint density at radius 3 is 2.63 bits per heavy atom. The number of amides is 3. The Balaban J connectivity index is 1.72. The number of likely N-dealkylation sites (tertiary alicyclic amines) is 1. The Labute approximate surface area is 220 Å². The lowest BCUT2D eigenvalue weighted by Crippen LogP contribution is -2.56. The second kappa shape index (κ2) is 12.9. The van der Waals surface area contributed by atoms with E-state index < -0.39 is 47.9 Å². The summed E-state index contributed by atoms with van der Waals surface area (Å²) >= 11 is 0. The Bertz CT molecular complexity index is 1190. The molecule has 0 bridgehead atoms. The minimum absolute atomic E-state index is 0.0502. The van der Waals surface area contributed by atoms with Crippen molar-refractivity contribution in [3.63, 3.8) is 0 Å². The number of nitrogens with one attached hydrogen (secondary N) is 3. The molecular formula is C25H36N8O5. The number of carbonyl (C=O) groups is 4. The van der Waals surface area contributed by atoms with Gasteiger partial charge in [0, 0.05) is 36.6 Å². The number of aromatic nitrogens is 1. The zero-order valence-electron chi connectivity index (χ0n) is 21.4. The van der Waals surface area contributed by atoms with E-state index in [1.165, 1.54) is 11.8 Å². The van der Waals surface area contributed by atoms with Crippen LogP contribution in [0.3, 0.4) is 0 Å². The maximum absolute atomic E-state index is 13.3. The number of hydrogen-bond acceptors (Lipinski definition) is 6. The van der Waals surface area contributed by atoms with Crippen LogP contribution in [-0.2, 0) is 25.6 Å². The van der Waals surface area contributed by atoms with Crippen LogP contribution in [0, 0.1) is 0 Å². The summed E-state index contributed by atoms with van der Waals surface area (Å²) in [5.74, 6) is -2.72. The van der Waals surface area contributed by atoms with Crippen molar-refractivity contribution in [2.45, 2.75) is 63.2 Å². The van der Waals surface area contributed by atoms with Crippen LogP contribution >= 0.6 is 0 Å². The van der Waals surface area contributed by atoms with Crippen LogP contribution in [0.5, 0.6) is 0 Å². The van der Waals surface area contributed by atoms with Crippen LogP contribution in [0.25, 0.3) is 10.9 Å². The lowest BCUT2D eigenvalue weighted by molar-refractivity contribution is -0.149. The standard InChI is InChI=1S/C25H36N8O5/c1-14(23(36)33-11-5-9-20(33)24(37)38)31-22(35)19(12-15-13-30-18-8-3-2-6-16(15)18)32-21(34)17(26)7-4-10-29-25(27)28/h2-3,6,8,13-14,17,19-20,30H,4-5,7,9-12,26H2,1H3,(H,31,35)(H,32,34)(H,37,38)(H4,27,28,29). The van der Waals surface area contributed by atoms with Gasteiger partial charge in [-0.15, -0.1) is 0 Å². The molecule has 2 heterocycles. The Kier molecular flexibility index (Phi) is 9.66. The third-order valence-corrected chi connectivity index (χ3v) is 6.59. The molecule has 1 aromatic heterocycles. The van der Waals surface area contributed by atoms with Crippen LogP contribution in [0.15, 0.2) is 35.5 Å². The van der Waals surface area contributed by atoms with Gasteiger partial charge in [-0.1, -0.05) is 18.2 Å². The molecule has 206 valence electrons. The Hall–Kier alpha value is -4.13. The lowest BCUT2D eigenvalue weighted by Gasteiger charge is -2.27. The number of fused-ring (bicyclic) bond motifs is 1. The minimum atomic E-state index is -1.08. The average Bonchev–Trinajstić information content (AvgIpc) is 3.53. The van der Waals surface area contributed by atoms with Crippen molar-refractivity contribution >= 4 is 40.6 Å². The van der Waals surface area contributed by atoms with Crippen molar-refractivity contribution in [1.82, 2.24) is 20.5 Å². The summed E-state index contributed by atoms with van der Waals surface area (Å²) in [6, 6.07) is 3.71. The zero-order valence-corrected chi connectivity index (χ0v) is 21.4. The molecule has 1 aliphatic rings. The number of carboxylic acids is 1. The normalized spacial score (nSPS) is 17.4. The highest BCUT2D eigenvalue weighted by Gasteiger charge is 2.37. The number of nitrogens with two attached hydrogens (primary N) is 3. The number of carbonyl (C=O) groups excluding carboxylic acids is 3. The van der Waals surface area contributed by atoms with Crippen molar-refractivity contribution in [3.05, 3.63) is 36.0 Å². The number of aliphatic carboxylic acids is 1. The molecule has 2 aromatic rings. The quantitative estimate of drug-likeness (QED) is 0.104. The largest absolute Gasteiger partial charge is 0.480 e. The highest BCUT2D eigenvalue weighted by atomic mass is 16.4. The second-order valence-electron chi connectivity index (χ2n) is 9.44. The van der Waals surface area contributed by atoms with Crippen LogP contribution in [0.4, 0.5) is 0 Å². The summed E-state index contributed by atoms with van der Waals surface area (Å²) in [6.07, 6.45) is 3.61. The Morgan fingerprint density at radius 1 is 1.18 bits per heavy atom. The lowest BCUT2D eigenvalue weighted by atomic mass is 10.0. The molecule has 1 fully saturated rings. The summed E-state index contributed by atoms with van der Waals surface area (Å²) in [5, 5.41) is 15.7. The number of aromatic amines is 1. The van der Waals surface area contributed by atoms with Gasteiger partial charge in [-0.2, -0.15) is 0 Å². The number of hydrogen-bond donors (Lipinski definition) is 7. The molecule has 38 heavy (non-hydrogen) atoms. The highest BCUT2D eigenvalue weighted by Crippen LogP contribution is 2.20. The fourth-order valence-corrected chi connectivity index (χ4v) is 4.57. The smallest absolute Gasteiger partial charge is 0.326 e. The topological polar surface area (TPSA) is 222 Å². The maximum atomic E-state index is 13.3. The summed E-state index contributed by atoms with van der Waals surface area (Å²) in [7, 11) is 0. The highest BCUT2D eigenvalue weighted by molar-refractivity contribution is 5.95. The first-order valence-electron chi connectivity index (χ1n) is 12.6. The fraction of sp³-hybridized carbons (Fsp3) is 0.480. The molecule has 13 heteroatoms. The first kappa shape index (κ1) is 28.4. The molecule has 0 saturated carbocycles. The van der Waals surface area contributed by atoms with Crippen molar-refractivity contribution in [2.24, 2.45) is 22.2 Å². The van der Waals surface area contributed by atoms with Crippen LogP contribution in [0.2, 0.25) is 0 Å². The van der Waals surface area contributed by atoms with Gasteiger partial charge in [-0.05, 0) is 44.2 Å². The molecule has 0 spiro atoms. The molecule has 1 saturated heterocycles. The molecule has 4 atom stereocenters. The molecule has 3 rings (SSSR count). The maximum Gasteiger partial charge on any atom is 0.326 e. The zero-order chi connectivity index (χ0) is 27.8. The van der Waals surface area contributed by atoms with E-state index in [4.69, 9.17) is 17.2 Å². The predicted octanol–water partition coefficient (Wildman–Crippen LogP) is -0.844. The van der Waals surface area contributed by atoms with Gasteiger partial charge in [0.05, 0.1) is 6.04 Å². The van der Waals surface area contributed by atoms with Crippen molar-refractivity contribution in [1.29, 1.82) is 0 Å². The first-order chi connectivity index (χ1) is 18.1. The van der Waals surface area contributed by atoms with Crippen molar-refractivity contribution in [2.75, 3.05) is 13.1 Å². The number of benzene rings is 1. The second-order valence-corrected chi connectivity index (χ2v) is 9.44.